The Morgan fingerprint density at radius 2 is 1.14 bits per heavy atom. The van der Waals surface area contributed by atoms with Gasteiger partial charge < -0.3 is 5.73 Å². The quantitative estimate of drug-likeness (QED) is 0.610. The second-order valence-electron chi connectivity index (χ2n) is 7.47. The minimum Gasteiger partial charge on any atom is -0.325 e. The summed E-state index contributed by atoms with van der Waals surface area (Å²) in [6, 6.07) is 0. The fourth-order valence-electron chi connectivity index (χ4n) is 4.18. The van der Waals surface area contributed by atoms with Crippen molar-refractivity contribution < 1.29 is 0 Å². The molecule has 1 heteroatoms. The highest BCUT2D eigenvalue weighted by Crippen LogP contribution is 2.32. The van der Waals surface area contributed by atoms with Crippen LogP contribution in [0.25, 0.3) is 0 Å². The third-order valence-electron chi connectivity index (χ3n) is 5.91. The van der Waals surface area contributed by atoms with E-state index < -0.39 is 0 Å². The van der Waals surface area contributed by atoms with Gasteiger partial charge in [0.2, 0.25) is 0 Å². The molecule has 0 heterocycles. The van der Waals surface area contributed by atoms with Gasteiger partial charge in [0.1, 0.15) is 0 Å². The molecule has 126 valence electrons. The van der Waals surface area contributed by atoms with Crippen molar-refractivity contribution in [1.82, 2.24) is 0 Å². The maximum absolute atomic E-state index is 6.82. The Morgan fingerprint density at radius 1 is 0.714 bits per heavy atom. The van der Waals surface area contributed by atoms with E-state index in [1.165, 1.54) is 96.3 Å². The molecular formula is C20H41N. The lowest BCUT2D eigenvalue weighted by molar-refractivity contribution is 0.211. The van der Waals surface area contributed by atoms with Crippen LogP contribution in [0, 0.1) is 5.92 Å². The van der Waals surface area contributed by atoms with Crippen LogP contribution in [-0.4, -0.2) is 5.54 Å². The largest absolute Gasteiger partial charge is 0.325 e. The number of nitrogens with two attached hydrogens (primary N) is 1. The van der Waals surface area contributed by atoms with E-state index in [2.05, 4.69) is 13.8 Å². The zero-order valence-corrected chi connectivity index (χ0v) is 15.0. The summed E-state index contributed by atoms with van der Waals surface area (Å²) in [6.07, 6.45) is 22.2. The van der Waals surface area contributed by atoms with Gasteiger partial charge in [-0.2, -0.15) is 0 Å². The fraction of sp³-hybridized carbons (Fsp3) is 1.00. The van der Waals surface area contributed by atoms with E-state index in [4.69, 9.17) is 5.73 Å². The van der Waals surface area contributed by atoms with Gasteiger partial charge in [0.05, 0.1) is 0 Å². The average Bonchev–Trinajstić information content (AvgIpc) is 2.50. The van der Waals surface area contributed by atoms with E-state index >= 15 is 0 Å². The van der Waals surface area contributed by atoms with Crippen molar-refractivity contribution in [3.8, 4) is 0 Å². The maximum atomic E-state index is 6.82. The molecule has 0 aliphatic heterocycles. The lowest BCUT2D eigenvalue weighted by atomic mass is 9.74. The van der Waals surface area contributed by atoms with Gasteiger partial charge in [0, 0.05) is 5.54 Å². The summed E-state index contributed by atoms with van der Waals surface area (Å²) in [5.74, 6) is 0.746. The van der Waals surface area contributed by atoms with E-state index in [0.717, 1.165) is 12.3 Å². The molecule has 0 radical (unpaired) electrons. The molecule has 1 aliphatic carbocycles. The molecule has 0 aromatic heterocycles. The lowest BCUT2D eigenvalue weighted by Gasteiger charge is -2.37. The SMILES string of the molecule is CCC1CCCCCCCCCCCCCCC1(N)CC. The molecule has 0 amide bonds. The van der Waals surface area contributed by atoms with Gasteiger partial charge in [-0.1, -0.05) is 97.3 Å². The van der Waals surface area contributed by atoms with Gasteiger partial charge in [0.15, 0.2) is 0 Å². The van der Waals surface area contributed by atoms with Gasteiger partial charge in [0.25, 0.3) is 0 Å². The number of hydrogen-bond acceptors (Lipinski definition) is 1. The summed E-state index contributed by atoms with van der Waals surface area (Å²) >= 11 is 0. The van der Waals surface area contributed by atoms with Gasteiger partial charge in [-0.3, -0.25) is 0 Å². The molecule has 2 atom stereocenters. The van der Waals surface area contributed by atoms with Crippen LogP contribution in [0.1, 0.15) is 117 Å². The van der Waals surface area contributed by atoms with Crippen molar-refractivity contribution >= 4 is 0 Å². The third-order valence-corrected chi connectivity index (χ3v) is 5.91. The Kier molecular flexibility index (Phi) is 10.4. The zero-order chi connectivity index (χ0) is 15.4. The van der Waals surface area contributed by atoms with Gasteiger partial charge in [-0.05, 0) is 25.2 Å². The maximum Gasteiger partial charge on any atom is 0.0180 e. The summed E-state index contributed by atoms with van der Waals surface area (Å²) in [4.78, 5) is 0. The van der Waals surface area contributed by atoms with Gasteiger partial charge >= 0.3 is 0 Å². The fourth-order valence-corrected chi connectivity index (χ4v) is 4.18. The Balaban J connectivity index is 2.47. The topological polar surface area (TPSA) is 26.0 Å². The number of hydrogen-bond donors (Lipinski definition) is 1. The Labute approximate surface area is 134 Å². The van der Waals surface area contributed by atoms with Crippen LogP contribution < -0.4 is 5.73 Å². The second kappa shape index (κ2) is 11.5. The van der Waals surface area contributed by atoms with Crippen molar-refractivity contribution in [2.75, 3.05) is 0 Å². The van der Waals surface area contributed by atoms with Gasteiger partial charge in [-0.25, -0.2) is 0 Å². The molecule has 0 saturated heterocycles. The monoisotopic (exact) mass is 295 g/mol. The summed E-state index contributed by atoms with van der Waals surface area (Å²) in [5.41, 5.74) is 6.94. The Morgan fingerprint density at radius 3 is 1.57 bits per heavy atom. The second-order valence-corrected chi connectivity index (χ2v) is 7.47. The molecule has 2 N–H and O–H groups in total. The highest BCUT2D eigenvalue weighted by atomic mass is 14.8. The van der Waals surface area contributed by atoms with Crippen LogP contribution >= 0.6 is 0 Å². The van der Waals surface area contributed by atoms with Crippen molar-refractivity contribution in [3.63, 3.8) is 0 Å². The molecule has 2 unspecified atom stereocenters. The summed E-state index contributed by atoms with van der Waals surface area (Å²) < 4.78 is 0. The van der Waals surface area contributed by atoms with Crippen molar-refractivity contribution in [2.45, 2.75) is 122 Å². The molecule has 1 fully saturated rings. The van der Waals surface area contributed by atoms with E-state index in [1.54, 1.807) is 0 Å². The molecule has 1 aliphatic rings. The molecule has 1 saturated carbocycles. The molecule has 21 heavy (non-hydrogen) atoms. The summed E-state index contributed by atoms with van der Waals surface area (Å²) in [6.45, 7) is 4.65. The Bertz CT molecular complexity index is 238. The first-order chi connectivity index (χ1) is 10.2. The van der Waals surface area contributed by atoms with Crippen LogP contribution in [0.5, 0.6) is 0 Å². The average molecular weight is 296 g/mol. The predicted molar refractivity (Wildman–Crippen MR) is 95.6 cm³/mol. The van der Waals surface area contributed by atoms with Crippen LogP contribution in [0.15, 0.2) is 0 Å². The van der Waals surface area contributed by atoms with E-state index in [-0.39, 0.29) is 5.54 Å². The number of rotatable bonds is 2. The van der Waals surface area contributed by atoms with E-state index in [9.17, 15) is 0 Å². The zero-order valence-electron chi connectivity index (χ0n) is 15.0. The highest BCUT2D eigenvalue weighted by molar-refractivity contribution is 4.89. The smallest absolute Gasteiger partial charge is 0.0180 e. The molecular weight excluding hydrogens is 254 g/mol. The normalized spacial score (nSPS) is 31.9. The Hall–Kier alpha value is -0.0400. The highest BCUT2D eigenvalue weighted by Gasteiger charge is 2.30. The van der Waals surface area contributed by atoms with Crippen LogP contribution in [0.3, 0.4) is 0 Å². The molecule has 1 nitrogen and oxygen atoms in total. The standard InChI is InChI=1S/C20H41N/c1-3-19-17-15-13-11-9-7-5-6-8-10-12-14-16-18-20(19,21)4-2/h19H,3-18,21H2,1-2H3. The predicted octanol–water partition coefficient (Wildman–Crippen LogP) is 6.60. The minimum atomic E-state index is 0.117. The molecule has 1 rings (SSSR count). The third kappa shape index (κ3) is 7.68. The van der Waals surface area contributed by atoms with Crippen LogP contribution in [0.4, 0.5) is 0 Å². The van der Waals surface area contributed by atoms with Crippen molar-refractivity contribution in [2.24, 2.45) is 11.7 Å². The summed E-state index contributed by atoms with van der Waals surface area (Å²) in [7, 11) is 0. The van der Waals surface area contributed by atoms with Crippen LogP contribution in [-0.2, 0) is 0 Å². The first-order valence-electron chi connectivity index (χ1n) is 10.0. The first-order valence-corrected chi connectivity index (χ1v) is 10.0. The summed E-state index contributed by atoms with van der Waals surface area (Å²) in [5, 5.41) is 0. The molecule has 0 aromatic rings. The molecule has 0 aromatic carbocycles. The minimum absolute atomic E-state index is 0.117. The first kappa shape index (κ1) is 19.0. The molecule has 0 bridgehead atoms. The van der Waals surface area contributed by atoms with Crippen molar-refractivity contribution in [1.29, 1.82) is 0 Å². The lowest BCUT2D eigenvalue weighted by Crippen LogP contribution is -2.46. The molecule has 0 spiro atoms. The van der Waals surface area contributed by atoms with Gasteiger partial charge in [-0.15, -0.1) is 0 Å². The van der Waals surface area contributed by atoms with Crippen LogP contribution in [0.2, 0.25) is 0 Å². The van der Waals surface area contributed by atoms with E-state index in [1.807, 2.05) is 0 Å². The van der Waals surface area contributed by atoms with E-state index in [0.29, 0.717) is 0 Å². The van der Waals surface area contributed by atoms with Crippen molar-refractivity contribution in [3.05, 3.63) is 0 Å².